The highest BCUT2D eigenvalue weighted by atomic mass is 32.2. The summed E-state index contributed by atoms with van der Waals surface area (Å²) in [6.45, 7) is 10.2. The largest absolute Gasteiger partial charge is 0.494 e. The molecule has 0 aliphatic carbocycles. The van der Waals surface area contributed by atoms with Crippen LogP contribution in [0, 0.1) is 19.8 Å². The zero-order chi connectivity index (χ0) is 34.0. The number of ether oxygens (including phenoxy) is 1. The van der Waals surface area contributed by atoms with Crippen LogP contribution in [-0.4, -0.2) is 50.9 Å². The Kier molecular flexibility index (Phi) is 12.2. The molecule has 1 atom stereocenters. The van der Waals surface area contributed by atoms with E-state index in [1.54, 1.807) is 24.3 Å². The summed E-state index contributed by atoms with van der Waals surface area (Å²) in [6.07, 6.45) is 0.262. The molecule has 0 unspecified atom stereocenters. The van der Waals surface area contributed by atoms with Gasteiger partial charge in [0, 0.05) is 19.5 Å². The predicted molar refractivity (Wildman–Crippen MR) is 187 cm³/mol. The van der Waals surface area contributed by atoms with Crippen molar-refractivity contribution < 1.29 is 22.7 Å². The standard InChI is InChI=1S/C38H45N3O5S/c1-6-46-34-20-22-35(23-21-34)47(44,45)41(33-18-16-29(4)17-19-33)27-37(42)40(26-32-15-11-10-12-30(32)5)36(38(43)39-25-28(2)3)24-31-13-8-7-9-14-31/h7-23,28,36H,6,24-27H2,1-5H3,(H,39,43)/t36-/m1/s1. The quantitative estimate of drug-likeness (QED) is 0.162. The van der Waals surface area contributed by atoms with E-state index in [1.165, 1.54) is 17.0 Å². The molecule has 0 saturated heterocycles. The Morgan fingerprint density at radius 1 is 0.830 bits per heavy atom. The Hall–Kier alpha value is -4.63. The maximum Gasteiger partial charge on any atom is 0.264 e. The van der Waals surface area contributed by atoms with Crippen molar-refractivity contribution in [3.63, 3.8) is 0 Å². The highest BCUT2D eigenvalue weighted by molar-refractivity contribution is 7.92. The zero-order valence-electron chi connectivity index (χ0n) is 27.8. The second kappa shape index (κ2) is 16.3. The van der Waals surface area contributed by atoms with E-state index in [1.807, 2.05) is 101 Å². The van der Waals surface area contributed by atoms with Gasteiger partial charge in [-0.3, -0.25) is 13.9 Å². The Morgan fingerprint density at radius 2 is 1.47 bits per heavy atom. The van der Waals surface area contributed by atoms with Gasteiger partial charge in [-0.2, -0.15) is 0 Å². The van der Waals surface area contributed by atoms with Crippen LogP contribution in [0.15, 0.2) is 108 Å². The minimum Gasteiger partial charge on any atom is -0.494 e. The molecule has 0 aromatic heterocycles. The van der Waals surface area contributed by atoms with E-state index in [4.69, 9.17) is 4.74 Å². The fourth-order valence-corrected chi connectivity index (χ4v) is 6.60. The van der Waals surface area contributed by atoms with Crippen molar-refractivity contribution in [2.45, 2.75) is 58.5 Å². The number of rotatable bonds is 15. The van der Waals surface area contributed by atoms with Crippen LogP contribution in [0.4, 0.5) is 5.69 Å². The number of carbonyl (C=O) groups is 2. The number of sulfonamides is 1. The molecule has 0 saturated carbocycles. The van der Waals surface area contributed by atoms with E-state index in [9.17, 15) is 18.0 Å². The first kappa shape index (κ1) is 35.2. The molecule has 4 rings (SSSR count). The SMILES string of the molecule is CCOc1ccc(S(=O)(=O)N(CC(=O)N(Cc2ccccc2C)[C@H](Cc2ccccc2)C(=O)NCC(C)C)c2ccc(C)cc2)cc1. The van der Waals surface area contributed by atoms with E-state index in [2.05, 4.69) is 5.32 Å². The molecule has 0 fully saturated rings. The van der Waals surface area contributed by atoms with Gasteiger partial charge in [0.2, 0.25) is 11.8 Å². The summed E-state index contributed by atoms with van der Waals surface area (Å²) in [4.78, 5) is 30.1. The number of amides is 2. The molecule has 2 amide bonds. The zero-order valence-corrected chi connectivity index (χ0v) is 28.7. The van der Waals surface area contributed by atoms with Gasteiger partial charge in [0.25, 0.3) is 10.0 Å². The van der Waals surface area contributed by atoms with Gasteiger partial charge in [0.1, 0.15) is 18.3 Å². The Bertz CT molecular complexity index is 1720. The van der Waals surface area contributed by atoms with Crippen molar-refractivity contribution in [3.05, 3.63) is 125 Å². The summed E-state index contributed by atoms with van der Waals surface area (Å²) in [7, 11) is -4.20. The number of benzene rings is 4. The molecule has 0 heterocycles. The number of hydrogen-bond donors (Lipinski definition) is 1. The predicted octanol–water partition coefficient (Wildman–Crippen LogP) is 6.31. The van der Waals surface area contributed by atoms with Crippen molar-refractivity contribution in [2.75, 3.05) is 24.0 Å². The Morgan fingerprint density at radius 3 is 2.09 bits per heavy atom. The monoisotopic (exact) mass is 655 g/mol. The first-order valence-electron chi connectivity index (χ1n) is 16.0. The lowest BCUT2D eigenvalue weighted by Gasteiger charge is -2.34. The second-order valence-corrected chi connectivity index (χ2v) is 13.9. The molecule has 0 aliphatic rings. The molecule has 0 bridgehead atoms. The van der Waals surface area contributed by atoms with Crippen LogP contribution in [0.3, 0.4) is 0 Å². The highest BCUT2D eigenvalue weighted by Gasteiger charge is 2.35. The number of carbonyl (C=O) groups excluding carboxylic acids is 2. The van der Waals surface area contributed by atoms with Crippen molar-refractivity contribution >= 4 is 27.5 Å². The highest BCUT2D eigenvalue weighted by Crippen LogP contribution is 2.27. The summed E-state index contributed by atoms with van der Waals surface area (Å²) < 4.78 is 35.2. The molecule has 4 aromatic carbocycles. The van der Waals surface area contributed by atoms with Gasteiger partial charge in [0.05, 0.1) is 17.2 Å². The van der Waals surface area contributed by atoms with Gasteiger partial charge in [-0.05, 0) is 79.8 Å². The first-order valence-corrected chi connectivity index (χ1v) is 17.4. The summed E-state index contributed by atoms with van der Waals surface area (Å²) in [5, 5.41) is 3.02. The summed E-state index contributed by atoms with van der Waals surface area (Å²) >= 11 is 0. The number of anilines is 1. The smallest absolute Gasteiger partial charge is 0.264 e. The third kappa shape index (κ3) is 9.45. The van der Waals surface area contributed by atoms with E-state index < -0.39 is 28.5 Å². The van der Waals surface area contributed by atoms with E-state index in [-0.39, 0.29) is 29.7 Å². The lowest BCUT2D eigenvalue weighted by molar-refractivity contribution is -0.140. The molecule has 0 spiro atoms. The number of aryl methyl sites for hydroxylation is 2. The van der Waals surface area contributed by atoms with Crippen molar-refractivity contribution in [2.24, 2.45) is 5.92 Å². The fraction of sp³-hybridized carbons (Fsp3) is 0.316. The van der Waals surface area contributed by atoms with Crippen LogP contribution in [0.5, 0.6) is 5.75 Å². The van der Waals surface area contributed by atoms with E-state index >= 15 is 0 Å². The number of nitrogens with one attached hydrogen (secondary N) is 1. The second-order valence-electron chi connectivity index (χ2n) is 12.0. The summed E-state index contributed by atoms with van der Waals surface area (Å²) in [6, 6.07) is 29.5. The number of nitrogens with zero attached hydrogens (tertiary/aromatic N) is 2. The minimum absolute atomic E-state index is 0.0234. The fourth-order valence-electron chi connectivity index (χ4n) is 5.19. The van der Waals surface area contributed by atoms with Crippen LogP contribution in [0.25, 0.3) is 0 Å². The van der Waals surface area contributed by atoms with Crippen molar-refractivity contribution in [3.8, 4) is 5.75 Å². The third-order valence-corrected chi connectivity index (χ3v) is 9.67. The number of hydrogen-bond acceptors (Lipinski definition) is 5. The minimum atomic E-state index is -4.20. The molecule has 9 heteroatoms. The first-order chi connectivity index (χ1) is 22.5. The maximum absolute atomic E-state index is 14.6. The van der Waals surface area contributed by atoms with Gasteiger partial charge in [-0.1, -0.05) is 86.1 Å². The molecule has 47 heavy (non-hydrogen) atoms. The van der Waals surface area contributed by atoms with Crippen LogP contribution >= 0.6 is 0 Å². The summed E-state index contributed by atoms with van der Waals surface area (Å²) in [5.74, 6) is -0.0391. The molecule has 0 aliphatic heterocycles. The van der Waals surface area contributed by atoms with E-state index in [0.717, 1.165) is 26.6 Å². The lowest BCUT2D eigenvalue weighted by atomic mass is 10.0. The molecular weight excluding hydrogens is 611 g/mol. The normalized spacial score (nSPS) is 12.0. The van der Waals surface area contributed by atoms with Crippen LogP contribution in [0.2, 0.25) is 0 Å². The average Bonchev–Trinajstić information content (AvgIpc) is 3.06. The summed E-state index contributed by atoms with van der Waals surface area (Å²) in [5.41, 5.74) is 4.01. The third-order valence-electron chi connectivity index (χ3n) is 7.88. The Labute approximate surface area is 279 Å². The van der Waals surface area contributed by atoms with Crippen molar-refractivity contribution in [1.29, 1.82) is 0 Å². The Balaban J connectivity index is 1.79. The topological polar surface area (TPSA) is 96.0 Å². The molecule has 248 valence electrons. The molecule has 1 N–H and O–H groups in total. The van der Waals surface area contributed by atoms with E-state index in [0.29, 0.717) is 24.6 Å². The average molecular weight is 656 g/mol. The molecule has 8 nitrogen and oxygen atoms in total. The molecular formula is C38H45N3O5S. The van der Waals surface area contributed by atoms with Gasteiger partial charge in [0.15, 0.2) is 0 Å². The molecule has 0 radical (unpaired) electrons. The van der Waals surface area contributed by atoms with Gasteiger partial charge in [-0.15, -0.1) is 0 Å². The van der Waals surface area contributed by atoms with Gasteiger partial charge >= 0.3 is 0 Å². The lowest BCUT2D eigenvalue weighted by Crippen LogP contribution is -2.53. The maximum atomic E-state index is 14.6. The van der Waals surface area contributed by atoms with Crippen molar-refractivity contribution in [1.82, 2.24) is 10.2 Å². The van der Waals surface area contributed by atoms with Gasteiger partial charge < -0.3 is 15.0 Å². The molecule has 4 aromatic rings. The van der Waals surface area contributed by atoms with Gasteiger partial charge in [-0.25, -0.2) is 8.42 Å². The van der Waals surface area contributed by atoms with Crippen LogP contribution < -0.4 is 14.4 Å². The van der Waals surface area contributed by atoms with Crippen LogP contribution in [-0.2, 0) is 32.6 Å². The van der Waals surface area contributed by atoms with Crippen LogP contribution in [0.1, 0.15) is 43.0 Å².